The number of hydrogen-bond donors (Lipinski definition) is 1. The molecule has 0 rings (SSSR count). The molecule has 16 heavy (non-hydrogen) atoms. The topological polar surface area (TPSA) is 29.1 Å². The molecule has 92 valence electrons. The first kappa shape index (κ1) is 15.5. The van der Waals surface area contributed by atoms with Crippen LogP contribution in [0.1, 0.15) is 55.4 Å². The van der Waals surface area contributed by atoms with E-state index in [1.807, 2.05) is 55.4 Å². The minimum absolute atomic E-state index is 0.0658. The number of hydrogen-bond acceptors (Lipinski definition) is 1. The van der Waals surface area contributed by atoms with E-state index in [0.29, 0.717) is 0 Å². The molecule has 0 heterocycles. The summed E-state index contributed by atoms with van der Waals surface area (Å²) in [6.07, 6.45) is 0. The predicted octanol–water partition coefficient (Wildman–Crippen LogP) is 2.93. The smallest absolute Gasteiger partial charge is 0.223 e. The van der Waals surface area contributed by atoms with Gasteiger partial charge in [0.1, 0.15) is 0 Å². The average Bonchev–Trinajstić information content (AvgIpc) is 1.97. The van der Waals surface area contributed by atoms with Gasteiger partial charge >= 0.3 is 0 Å². The maximum atomic E-state index is 12.1. The van der Waals surface area contributed by atoms with Gasteiger partial charge < -0.3 is 5.32 Å². The second kappa shape index (κ2) is 4.42. The number of carbonyl (C=O) groups excluding carboxylic acids is 1. The maximum Gasteiger partial charge on any atom is 0.223 e. The molecular weight excluding hydrogens is 197 g/mol. The van der Waals surface area contributed by atoms with Crippen molar-refractivity contribution >= 4 is 13.8 Å². The van der Waals surface area contributed by atoms with Gasteiger partial charge in [-0.15, -0.1) is 0 Å². The Bertz CT molecular complexity index is 258. The van der Waals surface area contributed by atoms with Gasteiger partial charge in [0, 0.05) is 11.5 Å². The maximum absolute atomic E-state index is 12.1. The van der Waals surface area contributed by atoms with Gasteiger partial charge in [0.2, 0.25) is 5.91 Å². The largest absolute Gasteiger partial charge is 0.351 e. The summed E-state index contributed by atoms with van der Waals surface area (Å²) in [5, 5.41) is 2.62. The van der Waals surface area contributed by atoms with Crippen LogP contribution in [0.3, 0.4) is 0 Å². The third-order valence-electron chi connectivity index (χ3n) is 3.63. The van der Waals surface area contributed by atoms with Crippen molar-refractivity contribution in [2.45, 2.75) is 66.2 Å². The van der Waals surface area contributed by atoms with E-state index in [1.54, 1.807) is 0 Å². The fourth-order valence-corrected chi connectivity index (χ4v) is 1.36. The van der Waals surface area contributed by atoms with E-state index in [0.717, 1.165) is 0 Å². The molecule has 1 N–H and O–H groups in total. The van der Waals surface area contributed by atoms with Crippen molar-refractivity contribution in [3.8, 4) is 0 Å². The fraction of sp³-hybridized carbons (Fsp3) is 0.923. The summed E-state index contributed by atoms with van der Waals surface area (Å²) in [6, 6.07) is 0. The standard InChI is InChI=1S/C13H26BNO/c1-9(10(16)15-11(2,3)4)12(5,6)13(7,8)14/h9H,1-8H3,(H,15,16). The van der Waals surface area contributed by atoms with Gasteiger partial charge in [-0.05, 0) is 26.2 Å². The van der Waals surface area contributed by atoms with E-state index in [4.69, 9.17) is 7.85 Å². The molecule has 0 bridgehead atoms. The molecule has 3 heteroatoms. The molecule has 2 nitrogen and oxygen atoms in total. The predicted molar refractivity (Wildman–Crippen MR) is 70.6 cm³/mol. The van der Waals surface area contributed by atoms with Crippen LogP contribution >= 0.6 is 0 Å². The monoisotopic (exact) mass is 223 g/mol. The Balaban J connectivity index is 4.81. The first-order valence-corrected chi connectivity index (χ1v) is 5.90. The lowest BCUT2D eigenvalue weighted by atomic mass is 9.52. The summed E-state index contributed by atoms with van der Waals surface area (Å²) in [5.41, 5.74) is -0.442. The van der Waals surface area contributed by atoms with E-state index in [9.17, 15) is 4.79 Å². The second-order valence-electron chi connectivity index (χ2n) is 6.90. The highest BCUT2D eigenvalue weighted by atomic mass is 16.2. The quantitative estimate of drug-likeness (QED) is 0.732. The molecule has 0 aliphatic carbocycles. The van der Waals surface area contributed by atoms with Gasteiger partial charge in [-0.1, -0.05) is 39.9 Å². The summed E-state index contributed by atoms with van der Waals surface area (Å²) in [7, 11) is 6.14. The fourth-order valence-electron chi connectivity index (χ4n) is 1.36. The van der Waals surface area contributed by atoms with Crippen LogP contribution in [-0.2, 0) is 4.79 Å². The zero-order valence-corrected chi connectivity index (χ0v) is 12.1. The second-order valence-corrected chi connectivity index (χ2v) is 6.90. The summed E-state index contributed by atoms with van der Waals surface area (Å²) < 4.78 is 0. The van der Waals surface area contributed by atoms with Crippen molar-refractivity contribution in [3.05, 3.63) is 0 Å². The van der Waals surface area contributed by atoms with Gasteiger partial charge in [-0.2, -0.15) is 0 Å². The third kappa shape index (κ3) is 3.84. The van der Waals surface area contributed by atoms with Crippen LogP contribution in [0.25, 0.3) is 0 Å². The zero-order chi connectivity index (χ0) is 13.4. The van der Waals surface area contributed by atoms with E-state index in [-0.39, 0.29) is 28.1 Å². The first-order chi connectivity index (χ1) is 6.79. The zero-order valence-electron chi connectivity index (χ0n) is 12.1. The molecule has 0 aromatic heterocycles. The van der Waals surface area contributed by atoms with E-state index >= 15 is 0 Å². The molecule has 0 aromatic carbocycles. The summed E-state index contributed by atoms with van der Waals surface area (Å²) >= 11 is 0. The molecular formula is C13H26BNO. The Kier molecular flexibility index (Phi) is 4.29. The van der Waals surface area contributed by atoms with Gasteiger partial charge in [0.15, 0.2) is 0 Å². The molecule has 0 fully saturated rings. The third-order valence-corrected chi connectivity index (χ3v) is 3.63. The normalized spacial score (nSPS) is 15.8. The van der Waals surface area contributed by atoms with E-state index < -0.39 is 0 Å². The minimum Gasteiger partial charge on any atom is -0.351 e. The average molecular weight is 223 g/mol. The van der Waals surface area contributed by atoms with E-state index in [2.05, 4.69) is 5.32 Å². The number of rotatable bonds is 3. The van der Waals surface area contributed by atoms with Crippen LogP contribution < -0.4 is 5.32 Å². The molecule has 0 saturated heterocycles. The molecule has 0 aliphatic heterocycles. The minimum atomic E-state index is -0.387. The van der Waals surface area contributed by atoms with Gasteiger partial charge in [-0.3, -0.25) is 4.79 Å². The van der Waals surface area contributed by atoms with Crippen LogP contribution in [0.5, 0.6) is 0 Å². The van der Waals surface area contributed by atoms with Crippen molar-refractivity contribution in [2.75, 3.05) is 0 Å². The molecule has 2 radical (unpaired) electrons. The highest BCUT2D eigenvalue weighted by Gasteiger charge is 2.41. The Morgan fingerprint density at radius 1 is 1.06 bits per heavy atom. The van der Waals surface area contributed by atoms with Crippen LogP contribution in [0, 0.1) is 11.3 Å². The Hall–Kier alpha value is -0.465. The van der Waals surface area contributed by atoms with Gasteiger partial charge in [0.25, 0.3) is 0 Å². The highest BCUT2D eigenvalue weighted by molar-refractivity contribution is 6.15. The molecule has 1 atom stereocenters. The Morgan fingerprint density at radius 3 is 1.69 bits per heavy atom. The van der Waals surface area contributed by atoms with Crippen LogP contribution in [-0.4, -0.2) is 19.3 Å². The lowest BCUT2D eigenvalue weighted by Crippen LogP contribution is -2.48. The van der Waals surface area contributed by atoms with Crippen molar-refractivity contribution in [1.29, 1.82) is 0 Å². The van der Waals surface area contributed by atoms with Crippen molar-refractivity contribution < 1.29 is 4.79 Å². The molecule has 0 saturated carbocycles. The first-order valence-electron chi connectivity index (χ1n) is 5.90. The molecule has 0 spiro atoms. The number of carbonyl (C=O) groups is 1. The lowest BCUT2D eigenvalue weighted by molar-refractivity contribution is -0.130. The van der Waals surface area contributed by atoms with Gasteiger partial charge in [0.05, 0.1) is 7.85 Å². The SMILES string of the molecule is [B]C(C)(C)C(C)(C)C(C)C(=O)NC(C)(C)C. The molecule has 1 unspecified atom stereocenters. The number of nitrogens with one attached hydrogen (secondary N) is 1. The Labute approximate surface area is 102 Å². The van der Waals surface area contributed by atoms with Crippen molar-refractivity contribution in [2.24, 2.45) is 11.3 Å². The van der Waals surface area contributed by atoms with Crippen molar-refractivity contribution in [3.63, 3.8) is 0 Å². The summed E-state index contributed by atoms with van der Waals surface area (Å²) in [4.78, 5) is 12.1. The summed E-state index contributed by atoms with van der Waals surface area (Å²) in [5.74, 6) is -0.0530. The molecule has 0 aliphatic rings. The van der Waals surface area contributed by atoms with Crippen molar-refractivity contribution in [1.82, 2.24) is 5.32 Å². The molecule has 0 aromatic rings. The van der Waals surface area contributed by atoms with Crippen LogP contribution in [0.2, 0.25) is 5.31 Å². The molecule has 1 amide bonds. The van der Waals surface area contributed by atoms with Crippen LogP contribution in [0.4, 0.5) is 0 Å². The Morgan fingerprint density at radius 2 is 1.44 bits per heavy atom. The van der Waals surface area contributed by atoms with Gasteiger partial charge in [-0.25, -0.2) is 0 Å². The lowest BCUT2D eigenvalue weighted by Gasteiger charge is -2.44. The summed E-state index contributed by atoms with van der Waals surface area (Å²) in [6.45, 7) is 15.9. The van der Waals surface area contributed by atoms with E-state index in [1.165, 1.54) is 0 Å². The highest BCUT2D eigenvalue weighted by Crippen LogP contribution is 2.47. The number of amides is 1. The van der Waals surface area contributed by atoms with Crippen LogP contribution in [0.15, 0.2) is 0 Å².